The van der Waals surface area contributed by atoms with Crippen LogP contribution in [0.4, 0.5) is 0 Å². The molecule has 2 aliphatic rings. The van der Waals surface area contributed by atoms with Crippen LogP contribution in [0.15, 0.2) is 30.3 Å². The number of fused-ring (bicyclic) bond motifs is 1. The standard InChI is InChI=1S/C23H29N5O4/c1-15(2)12-27-14-21(29)28-10-4-9-26(13-20(28)23(27)31)22(30)19-11-18(24-25-19)16-5-7-17(32-3)8-6-16/h5-8,11,15,20H,4,9-10,12-14H2,1-3H3,(H,24,25). The molecule has 2 saturated heterocycles. The summed E-state index contributed by atoms with van der Waals surface area (Å²) in [7, 11) is 1.61. The van der Waals surface area contributed by atoms with E-state index < -0.39 is 6.04 Å². The van der Waals surface area contributed by atoms with E-state index in [9.17, 15) is 14.4 Å². The average molecular weight is 440 g/mol. The van der Waals surface area contributed by atoms with Crippen molar-refractivity contribution < 1.29 is 19.1 Å². The van der Waals surface area contributed by atoms with E-state index in [1.807, 2.05) is 38.1 Å². The predicted molar refractivity (Wildman–Crippen MR) is 118 cm³/mol. The van der Waals surface area contributed by atoms with E-state index in [2.05, 4.69) is 10.2 Å². The molecule has 1 N–H and O–H groups in total. The van der Waals surface area contributed by atoms with E-state index in [4.69, 9.17) is 4.74 Å². The highest BCUT2D eigenvalue weighted by molar-refractivity contribution is 5.97. The number of ether oxygens (including phenoxy) is 1. The van der Waals surface area contributed by atoms with Crippen LogP contribution in [0.2, 0.25) is 0 Å². The van der Waals surface area contributed by atoms with Gasteiger partial charge in [0, 0.05) is 25.2 Å². The van der Waals surface area contributed by atoms with E-state index in [1.165, 1.54) is 0 Å². The number of aromatic nitrogens is 2. The number of hydrogen-bond donors (Lipinski definition) is 1. The van der Waals surface area contributed by atoms with Crippen LogP contribution < -0.4 is 4.74 Å². The molecular formula is C23H29N5O4. The van der Waals surface area contributed by atoms with Crippen LogP contribution in [0, 0.1) is 5.92 Å². The highest BCUT2D eigenvalue weighted by Gasteiger charge is 2.42. The first-order chi connectivity index (χ1) is 15.4. The van der Waals surface area contributed by atoms with Crippen molar-refractivity contribution in [2.75, 3.05) is 39.8 Å². The van der Waals surface area contributed by atoms with Gasteiger partial charge in [-0.1, -0.05) is 13.8 Å². The minimum absolute atomic E-state index is 0.0483. The minimum Gasteiger partial charge on any atom is -0.497 e. The van der Waals surface area contributed by atoms with Crippen molar-refractivity contribution in [1.82, 2.24) is 24.9 Å². The molecule has 0 bridgehead atoms. The fraction of sp³-hybridized carbons (Fsp3) is 0.478. The van der Waals surface area contributed by atoms with Crippen LogP contribution in [0.25, 0.3) is 11.3 Å². The molecule has 1 aromatic carbocycles. The van der Waals surface area contributed by atoms with Crippen LogP contribution in [0.1, 0.15) is 30.8 Å². The molecule has 9 heteroatoms. The van der Waals surface area contributed by atoms with Gasteiger partial charge in [0.25, 0.3) is 5.91 Å². The third-order valence-electron chi connectivity index (χ3n) is 5.91. The summed E-state index contributed by atoms with van der Waals surface area (Å²) in [6.45, 7) is 5.84. The zero-order valence-corrected chi connectivity index (χ0v) is 18.7. The van der Waals surface area contributed by atoms with Gasteiger partial charge in [-0.3, -0.25) is 19.5 Å². The Morgan fingerprint density at radius 2 is 1.97 bits per heavy atom. The van der Waals surface area contributed by atoms with Crippen molar-refractivity contribution in [2.45, 2.75) is 26.3 Å². The number of H-pyrrole nitrogens is 1. The summed E-state index contributed by atoms with van der Waals surface area (Å²) in [6.07, 6.45) is 0.630. The molecule has 2 aromatic rings. The van der Waals surface area contributed by atoms with Gasteiger partial charge in [0.1, 0.15) is 17.5 Å². The van der Waals surface area contributed by atoms with Crippen molar-refractivity contribution in [2.24, 2.45) is 5.92 Å². The van der Waals surface area contributed by atoms with Gasteiger partial charge in [-0.15, -0.1) is 0 Å². The predicted octanol–water partition coefficient (Wildman–Crippen LogP) is 1.63. The molecule has 9 nitrogen and oxygen atoms in total. The molecule has 4 rings (SSSR count). The molecule has 32 heavy (non-hydrogen) atoms. The van der Waals surface area contributed by atoms with Gasteiger partial charge in [0.15, 0.2) is 0 Å². The molecule has 3 heterocycles. The van der Waals surface area contributed by atoms with Crippen molar-refractivity contribution >= 4 is 17.7 Å². The topological polar surface area (TPSA) is 98.8 Å². The van der Waals surface area contributed by atoms with Gasteiger partial charge < -0.3 is 19.4 Å². The summed E-state index contributed by atoms with van der Waals surface area (Å²) in [6, 6.07) is 8.51. The van der Waals surface area contributed by atoms with Crippen LogP contribution in [-0.4, -0.2) is 88.5 Å². The van der Waals surface area contributed by atoms with E-state index in [0.717, 1.165) is 11.3 Å². The Hall–Kier alpha value is -3.36. The van der Waals surface area contributed by atoms with E-state index in [0.29, 0.717) is 37.4 Å². The number of hydrogen-bond acceptors (Lipinski definition) is 5. The van der Waals surface area contributed by atoms with Crippen LogP contribution in [0.3, 0.4) is 0 Å². The van der Waals surface area contributed by atoms with E-state index in [1.54, 1.807) is 27.9 Å². The normalized spacial score (nSPS) is 19.2. The minimum atomic E-state index is -0.634. The quantitative estimate of drug-likeness (QED) is 0.764. The molecule has 2 aliphatic heterocycles. The Kier molecular flexibility index (Phi) is 6.16. The van der Waals surface area contributed by atoms with Crippen LogP contribution in [-0.2, 0) is 9.59 Å². The lowest BCUT2D eigenvalue weighted by Crippen LogP contribution is -2.62. The number of methoxy groups -OCH3 is 1. The summed E-state index contributed by atoms with van der Waals surface area (Å²) in [5.74, 6) is 0.658. The number of nitrogens with one attached hydrogen (secondary N) is 1. The number of aromatic amines is 1. The number of amides is 3. The van der Waals surface area contributed by atoms with Gasteiger partial charge in [-0.2, -0.15) is 5.10 Å². The molecule has 1 aromatic heterocycles. The maximum atomic E-state index is 13.2. The van der Waals surface area contributed by atoms with Crippen LogP contribution >= 0.6 is 0 Å². The van der Waals surface area contributed by atoms with E-state index in [-0.39, 0.29) is 36.7 Å². The Balaban J connectivity index is 1.51. The first-order valence-corrected chi connectivity index (χ1v) is 10.9. The largest absolute Gasteiger partial charge is 0.497 e. The highest BCUT2D eigenvalue weighted by Crippen LogP contribution is 2.23. The summed E-state index contributed by atoms with van der Waals surface area (Å²) < 4.78 is 5.18. The fourth-order valence-corrected chi connectivity index (χ4v) is 4.33. The number of piperazine rings is 1. The SMILES string of the molecule is COc1ccc(-c2cc(C(=O)N3CCCN4C(=O)CN(CC(C)C)C(=O)C4C3)[nH]n2)cc1. The highest BCUT2D eigenvalue weighted by atomic mass is 16.5. The van der Waals surface area contributed by atoms with Gasteiger partial charge in [0.2, 0.25) is 11.8 Å². The lowest BCUT2D eigenvalue weighted by atomic mass is 10.1. The number of nitrogens with zero attached hydrogens (tertiary/aromatic N) is 4. The van der Waals surface area contributed by atoms with E-state index >= 15 is 0 Å². The number of carbonyl (C=O) groups excluding carboxylic acids is 3. The van der Waals surface area contributed by atoms with Crippen molar-refractivity contribution in [3.05, 3.63) is 36.0 Å². The first-order valence-electron chi connectivity index (χ1n) is 10.9. The molecular weight excluding hydrogens is 410 g/mol. The summed E-state index contributed by atoms with van der Waals surface area (Å²) >= 11 is 0. The molecule has 0 radical (unpaired) electrons. The molecule has 0 spiro atoms. The van der Waals surface area contributed by atoms with Crippen molar-refractivity contribution in [3.63, 3.8) is 0 Å². The Morgan fingerprint density at radius 1 is 1.22 bits per heavy atom. The smallest absolute Gasteiger partial charge is 0.271 e. The second-order valence-corrected chi connectivity index (χ2v) is 8.72. The second kappa shape index (κ2) is 9.02. The number of carbonyl (C=O) groups is 3. The Labute approximate surface area is 187 Å². The summed E-state index contributed by atoms with van der Waals surface area (Å²) in [5, 5.41) is 7.11. The van der Waals surface area contributed by atoms with Crippen molar-refractivity contribution in [3.8, 4) is 17.0 Å². The molecule has 1 atom stereocenters. The summed E-state index contributed by atoms with van der Waals surface area (Å²) in [5.41, 5.74) is 1.87. The van der Waals surface area contributed by atoms with Gasteiger partial charge >= 0.3 is 0 Å². The maximum absolute atomic E-state index is 13.2. The lowest BCUT2D eigenvalue weighted by Gasteiger charge is -2.40. The number of rotatable bonds is 5. The van der Waals surface area contributed by atoms with Crippen molar-refractivity contribution in [1.29, 1.82) is 0 Å². The summed E-state index contributed by atoms with van der Waals surface area (Å²) in [4.78, 5) is 43.9. The zero-order chi connectivity index (χ0) is 22.8. The second-order valence-electron chi connectivity index (χ2n) is 8.72. The van der Waals surface area contributed by atoms with Gasteiger partial charge in [-0.05, 0) is 42.7 Å². The molecule has 1 unspecified atom stereocenters. The zero-order valence-electron chi connectivity index (χ0n) is 18.7. The molecule has 0 saturated carbocycles. The van der Waals surface area contributed by atoms with Crippen LogP contribution in [0.5, 0.6) is 5.75 Å². The van der Waals surface area contributed by atoms with Gasteiger partial charge in [-0.25, -0.2) is 0 Å². The molecule has 0 aliphatic carbocycles. The molecule has 170 valence electrons. The average Bonchev–Trinajstić information content (AvgIpc) is 3.16. The lowest BCUT2D eigenvalue weighted by molar-refractivity contribution is -0.156. The first kappa shape index (κ1) is 21.9. The third-order valence-corrected chi connectivity index (χ3v) is 5.91. The Bertz CT molecular complexity index is 1000. The third kappa shape index (κ3) is 4.32. The number of benzene rings is 1. The monoisotopic (exact) mass is 439 g/mol. The maximum Gasteiger partial charge on any atom is 0.271 e. The molecule has 2 fully saturated rings. The fourth-order valence-electron chi connectivity index (χ4n) is 4.33. The Morgan fingerprint density at radius 3 is 2.66 bits per heavy atom. The van der Waals surface area contributed by atoms with Gasteiger partial charge in [0.05, 0.1) is 25.9 Å². The molecule has 3 amide bonds.